The van der Waals surface area contributed by atoms with Crippen molar-refractivity contribution >= 4 is 50.6 Å². The minimum absolute atomic E-state index is 0.0629. The van der Waals surface area contributed by atoms with Crippen molar-refractivity contribution in [2.24, 2.45) is 10.3 Å². The van der Waals surface area contributed by atoms with Crippen LogP contribution >= 0.6 is 0 Å². The molecule has 0 radical (unpaired) electrons. The van der Waals surface area contributed by atoms with E-state index in [0.717, 1.165) is 78.9 Å². The molecular formula is C41H43N3O6. The van der Waals surface area contributed by atoms with Crippen molar-refractivity contribution in [1.29, 1.82) is 0 Å². The molecule has 0 aliphatic heterocycles. The molecule has 258 valence electrons. The first-order chi connectivity index (χ1) is 24.3. The molecule has 0 aliphatic rings. The summed E-state index contributed by atoms with van der Waals surface area (Å²) < 4.78 is 2.00. The van der Waals surface area contributed by atoms with Gasteiger partial charge in [0.05, 0.1) is 11.0 Å². The van der Waals surface area contributed by atoms with Gasteiger partial charge in [-0.15, -0.1) is 0 Å². The monoisotopic (exact) mass is 673 g/mol. The lowest BCUT2D eigenvalue weighted by Crippen LogP contribution is -2.15. The topological polar surface area (TPSA) is 142 Å². The van der Waals surface area contributed by atoms with Gasteiger partial charge in [0.1, 0.15) is 17.2 Å². The van der Waals surface area contributed by atoms with Crippen molar-refractivity contribution in [2.45, 2.75) is 78.1 Å². The summed E-state index contributed by atoms with van der Waals surface area (Å²) >= 11 is 0. The van der Waals surface area contributed by atoms with E-state index in [1.54, 1.807) is 48.5 Å². The van der Waals surface area contributed by atoms with Gasteiger partial charge in [-0.3, -0.25) is 14.4 Å². The molecule has 5 rings (SSSR count). The van der Waals surface area contributed by atoms with E-state index in [9.17, 15) is 29.9 Å². The molecule has 0 atom stereocenters. The summed E-state index contributed by atoms with van der Waals surface area (Å²) in [7, 11) is 0. The number of aromatic nitrogens is 1. The highest BCUT2D eigenvalue weighted by atomic mass is 16.4. The summed E-state index contributed by atoms with van der Waals surface area (Å²) in [6, 6.07) is 23.8. The van der Waals surface area contributed by atoms with Gasteiger partial charge in [-0.1, -0.05) is 62.7 Å². The number of benzene rings is 4. The van der Waals surface area contributed by atoms with Crippen molar-refractivity contribution in [3.63, 3.8) is 0 Å². The molecule has 0 aliphatic carbocycles. The number of phenolic OH excluding ortho intramolecular Hbond substituents is 1. The lowest BCUT2D eigenvalue weighted by atomic mass is 9.98. The number of nitrogens with zero attached hydrogens (tertiary/aromatic N) is 3. The molecule has 0 fully saturated rings. The number of hydrogen-bond donors (Lipinski definition) is 3. The molecule has 0 saturated carbocycles. The van der Waals surface area contributed by atoms with Crippen LogP contribution in [0.2, 0.25) is 0 Å². The normalized spacial score (nSPS) is 12.1. The number of phenols is 1. The Morgan fingerprint density at radius 1 is 0.560 bits per heavy atom. The second-order valence-corrected chi connectivity index (χ2v) is 12.6. The van der Waals surface area contributed by atoms with Crippen LogP contribution in [0, 0.1) is 0 Å². The van der Waals surface area contributed by atoms with Crippen LogP contribution in [-0.4, -0.2) is 48.9 Å². The highest BCUT2D eigenvalue weighted by Crippen LogP contribution is 2.34. The standard InChI is InChI=1S/C41H43N3O6/c1-3-5-7-9-11-35(42-49)40(47)28-13-19-31(20-14-28)44-37-23-17-29(39(46)27-15-21-32(45)22-16-27)25-33(37)34-26-30(18-24-38(34)44)41(48)36(43-50)12-10-8-6-4-2/h13-26,45,49-50H,3-12H2,1-2H3/b42-35+,43-36+. The molecule has 1 heterocycles. The third-order valence-corrected chi connectivity index (χ3v) is 9.11. The van der Waals surface area contributed by atoms with Crippen LogP contribution in [0.1, 0.15) is 115 Å². The van der Waals surface area contributed by atoms with Crippen LogP contribution < -0.4 is 0 Å². The van der Waals surface area contributed by atoms with Gasteiger partial charge in [0, 0.05) is 38.7 Å². The highest BCUT2D eigenvalue weighted by molar-refractivity contribution is 6.46. The van der Waals surface area contributed by atoms with E-state index >= 15 is 0 Å². The molecule has 4 aromatic carbocycles. The number of oxime groups is 2. The first kappa shape index (κ1) is 35.7. The second-order valence-electron chi connectivity index (χ2n) is 12.6. The molecule has 1 aromatic heterocycles. The molecule has 5 aromatic rings. The third kappa shape index (κ3) is 7.83. The van der Waals surface area contributed by atoms with Crippen LogP contribution in [-0.2, 0) is 0 Å². The largest absolute Gasteiger partial charge is 0.508 e. The molecule has 0 saturated heterocycles. The number of carbonyl (C=O) groups excluding carboxylic acids is 3. The number of rotatable bonds is 17. The number of carbonyl (C=O) groups is 3. The fourth-order valence-corrected chi connectivity index (χ4v) is 6.31. The lowest BCUT2D eigenvalue weighted by Gasteiger charge is -2.10. The average molecular weight is 674 g/mol. The highest BCUT2D eigenvalue weighted by Gasteiger charge is 2.21. The first-order valence-corrected chi connectivity index (χ1v) is 17.3. The zero-order valence-electron chi connectivity index (χ0n) is 28.6. The quantitative estimate of drug-likeness (QED) is 0.0295. The SMILES string of the molecule is CCCCCC/C(=N\O)C(=O)c1ccc(-n2c3ccc(C(=O)/C(CCCCCC)=N/O)cc3c3cc(C(=O)c4ccc(O)cc4)ccc32)cc1. The van der Waals surface area contributed by atoms with Gasteiger partial charge < -0.3 is 20.1 Å². The minimum Gasteiger partial charge on any atom is -0.508 e. The van der Waals surface area contributed by atoms with Crippen LogP contribution in [0.25, 0.3) is 27.5 Å². The summed E-state index contributed by atoms with van der Waals surface area (Å²) in [5.74, 6) is -0.843. The van der Waals surface area contributed by atoms with E-state index in [-0.39, 0.29) is 34.5 Å². The van der Waals surface area contributed by atoms with Gasteiger partial charge >= 0.3 is 0 Å². The van der Waals surface area contributed by atoms with E-state index in [2.05, 4.69) is 24.2 Å². The minimum atomic E-state index is -0.359. The van der Waals surface area contributed by atoms with Gasteiger partial charge in [0.2, 0.25) is 11.6 Å². The van der Waals surface area contributed by atoms with Crippen molar-refractivity contribution in [3.8, 4) is 11.4 Å². The summed E-state index contributed by atoms with van der Waals surface area (Å²) in [4.78, 5) is 40.2. The molecule has 0 amide bonds. The Balaban J connectivity index is 1.56. The van der Waals surface area contributed by atoms with Gasteiger partial charge in [0.15, 0.2) is 5.78 Å². The van der Waals surface area contributed by atoms with Crippen molar-refractivity contribution in [1.82, 2.24) is 4.57 Å². The lowest BCUT2D eigenvalue weighted by molar-refractivity contribution is 0.103. The molecular weight excluding hydrogens is 630 g/mol. The van der Waals surface area contributed by atoms with Crippen LogP contribution in [0.4, 0.5) is 0 Å². The molecule has 9 nitrogen and oxygen atoms in total. The second kappa shape index (κ2) is 16.7. The van der Waals surface area contributed by atoms with Gasteiger partial charge in [-0.2, -0.15) is 0 Å². The van der Waals surface area contributed by atoms with E-state index in [0.29, 0.717) is 35.1 Å². The number of Topliss-reactive ketones (excluding diaryl/α,β-unsaturated/α-hetero) is 2. The number of fused-ring (bicyclic) bond motifs is 3. The zero-order chi connectivity index (χ0) is 35.6. The van der Waals surface area contributed by atoms with Gasteiger partial charge in [-0.05, 0) is 111 Å². The van der Waals surface area contributed by atoms with Crippen molar-refractivity contribution in [2.75, 3.05) is 0 Å². The Labute approximate surface area is 291 Å². The summed E-state index contributed by atoms with van der Waals surface area (Å²) in [6.07, 6.45) is 8.37. The fourth-order valence-electron chi connectivity index (χ4n) is 6.31. The molecule has 0 unspecified atom stereocenters. The summed E-state index contributed by atoms with van der Waals surface area (Å²) in [5, 5.41) is 37.1. The predicted octanol–water partition coefficient (Wildman–Crippen LogP) is 9.69. The fraction of sp³-hybridized carbons (Fsp3) is 0.293. The van der Waals surface area contributed by atoms with Gasteiger partial charge in [-0.25, -0.2) is 0 Å². The Kier molecular flexibility index (Phi) is 11.9. The smallest absolute Gasteiger partial charge is 0.210 e. The third-order valence-electron chi connectivity index (χ3n) is 9.11. The molecule has 50 heavy (non-hydrogen) atoms. The zero-order valence-corrected chi connectivity index (χ0v) is 28.6. The number of unbranched alkanes of at least 4 members (excludes halogenated alkanes) is 6. The maximum absolute atomic E-state index is 13.5. The van der Waals surface area contributed by atoms with Gasteiger partial charge in [0.25, 0.3) is 0 Å². The van der Waals surface area contributed by atoms with Crippen LogP contribution in [0.3, 0.4) is 0 Å². The van der Waals surface area contributed by atoms with Crippen molar-refractivity contribution < 1.29 is 29.9 Å². The van der Waals surface area contributed by atoms with Crippen LogP contribution in [0.5, 0.6) is 5.75 Å². The van der Waals surface area contributed by atoms with E-state index in [1.807, 2.05) is 28.8 Å². The number of hydrogen-bond acceptors (Lipinski definition) is 8. The van der Waals surface area contributed by atoms with Crippen LogP contribution in [0.15, 0.2) is 95.2 Å². The van der Waals surface area contributed by atoms with E-state index in [4.69, 9.17) is 0 Å². The number of ketones is 3. The maximum atomic E-state index is 13.5. The maximum Gasteiger partial charge on any atom is 0.210 e. The Morgan fingerprint density at radius 2 is 1.02 bits per heavy atom. The molecule has 0 bridgehead atoms. The Hall–Kier alpha value is -5.57. The van der Waals surface area contributed by atoms with E-state index in [1.165, 1.54) is 12.1 Å². The van der Waals surface area contributed by atoms with E-state index < -0.39 is 0 Å². The average Bonchev–Trinajstić information content (AvgIpc) is 3.47. The molecule has 0 spiro atoms. The summed E-state index contributed by atoms with van der Waals surface area (Å²) in [5.41, 5.74) is 4.14. The Bertz CT molecular complexity index is 2060. The summed E-state index contributed by atoms with van der Waals surface area (Å²) in [6.45, 7) is 4.21. The Morgan fingerprint density at radius 3 is 1.54 bits per heavy atom. The van der Waals surface area contributed by atoms with Crippen molar-refractivity contribution in [3.05, 3.63) is 107 Å². The number of aromatic hydroxyl groups is 1. The predicted molar refractivity (Wildman–Crippen MR) is 197 cm³/mol. The molecule has 9 heteroatoms. The first-order valence-electron chi connectivity index (χ1n) is 17.3. The molecule has 3 N–H and O–H groups in total.